The van der Waals surface area contributed by atoms with Crippen molar-refractivity contribution in [1.82, 2.24) is 15.0 Å². The molecule has 0 radical (unpaired) electrons. The summed E-state index contributed by atoms with van der Waals surface area (Å²) >= 11 is 0. The first kappa shape index (κ1) is 14.2. The lowest BCUT2D eigenvalue weighted by molar-refractivity contribution is 0.0357. The second-order valence-corrected chi connectivity index (χ2v) is 6.29. The van der Waals surface area contributed by atoms with Crippen LogP contribution in [0.3, 0.4) is 0 Å². The number of ether oxygens (including phenoxy) is 1. The molecule has 2 aromatic heterocycles. The van der Waals surface area contributed by atoms with Crippen molar-refractivity contribution >= 4 is 5.91 Å². The summed E-state index contributed by atoms with van der Waals surface area (Å²) in [5, 5.41) is 3.73. The zero-order valence-corrected chi connectivity index (χ0v) is 13.0. The van der Waals surface area contributed by atoms with Gasteiger partial charge in [0.05, 0.1) is 6.20 Å². The molecule has 2 fully saturated rings. The molecule has 2 bridgehead atoms. The molecule has 0 N–H and O–H groups in total. The summed E-state index contributed by atoms with van der Waals surface area (Å²) in [6, 6.07) is 4.23. The second-order valence-electron chi connectivity index (χ2n) is 6.29. The Morgan fingerprint density at radius 3 is 2.57 bits per heavy atom. The molecule has 1 amide bonds. The van der Waals surface area contributed by atoms with E-state index in [-0.39, 0.29) is 24.1 Å². The Kier molecular flexibility index (Phi) is 3.52. The van der Waals surface area contributed by atoms with E-state index in [0.717, 1.165) is 31.4 Å². The van der Waals surface area contributed by atoms with Crippen LogP contribution in [0.15, 0.2) is 35.2 Å². The zero-order valence-electron chi connectivity index (χ0n) is 13.0. The third kappa shape index (κ3) is 2.58. The van der Waals surface area contributed by atoms with Gasteiger partial charge in [0.15, 0.2) is 0 Å². The molecule has 4 rings (SSSR count). The fourth-order valence-corrected chi connectivity index (χ4v) is 3.81. The van der Waals surface area contributed by atoms with E-state index in [1.165, 1.54) is 6.20 Å². The molecule has 0 aromatic carbocycles. The van der Waals surface area contributed by atoms with E-state index in [1.807, 2.05) is 17.0 Å². The van der Waals surface area contributed by atoms with Crippen molar-refractivity contribution in [3.05, 3.63) is 42.0 Å². The lowest BCUT2D eigenvalue weighted by Crippen LogP contribution is -2.49. The first-order valence-corrected chi connectivity index (χ1v) is 8.03. The Bertz CT molecular complexity index is 686. The van der Waals surface area contributed by atoms with Gasteiger partial charge in [0.2, 0.25) is 0 Å². The van der Waals surface area contributed by atoms with Gasteiger partial charge in [-0.25, -0.2) is 0 Å². The summed E-state index contributed by atoms with van der Waals surface area (Å²) in [6.07, 6.45) is 8.96. The van der Waals surface area contributed by atoms with Crippen LogP contribution >= 0.6 is 0 Å². The Hall–Kier alpha value is -2.37. The molecule has 2 aromatic rings. The fraction of sp³-hybridized carbons (Fsp3) is 0.471. The van der Waals surface area contributed by atoms with Gasteiger partial charge in [-0.1, -0.05) is 5.16 Å². The van der Waals surface area contributed by atoms with Crippen LogP contribution in [0, 0.1) is 6.92 Å². The van der Waals surface area contributed by atoms with Crippen LogP contribution in [0.25, 0.3) is 0 Å². The molecule has 2 atom stereocenters. The van der Waals surface area contributed by atoms with Gasteiger partial charge in [0.25, 0.3) is 5.91 Å². The van der Waals surface area contributed by atoms with E-state index in [4.69, 9.17) is 9.26 Å². The monoisotopic (exact) mass is 313 g/mol. The number of carbonyl (C=O) groups excluding carboxylic acids is 1. The molecule has 2 aliphatic rings. The highest BCUT2D eigenvalue weighted by molar-refractivity contribution is 5.95. The number of hydrogen-bond acceptors (Lipinski definition) is 5. The Labute approximate surface area is 134 Å². The number of piperidine rings is 1. The largest absolute Gasteiger partial charge is 0.490 e. The highest BCUT2D eigenvalue weighted by Crippen LogP contribution is 2.38. The van der Waals surface area contributed by atoms with E-state index in [2.05, 4.69) is 10.1 Å². The van der Waals surface area contributed by atoms with E-state index in [1.54, 1.807) is 19.3 Å². The minimum atomic E-state index is 0.0404. The Morgan fingerprint density at radius 1 is 1.26 bits per heavy atom. The van der Waals surface area contributed by atoms with Gasteiger partial charge in [-0.15, -0.1) is 0 Å². The number of fused-ring (bicyclic) bond motifs is 2. The molecule has 120 valence electrons. The first-order chi connectivity index (χ1) is 11.2. The van der Waals surface area contributed by atoms with Crippen LogP contribution in [0.4, 0.5) is 0 Å². The minimum Gasteiger partial charge on any atom is -0.490 e. The van der Waals surface area contributed by atoms with E-state index >= 15 is 0 Å². The van der Waals surface area contributed by atoms with Crippen molar-refractivity contribution in [2.24, 2.45) is 0 Å². The Morgan fingerprint density at radius 2 is 1.96 bits per heavy atom. The van der Waals surface area contributed by atoms with Gasteiger partial charge in [0.1, 0.15) is 23.2 Å². The molecular formula is C17H19N3O3. The number of amides is 1. The van der Waals surface area contributed by atoms with Crippen molar-refractivity contribution in [2.75, 3.05) is 0 Å². The molecule has 6 nitrogen and oxygen atoms in total. The molecule has 2 saturated heterocycles. The van der Waals surface area contributed by atoms with Crippen LogP contribution < -0.4 is 4.74 Å². The van der Waals surface area contributed by atoms with E-state index in [9.17, 15) is 4.79 Å². The number of aryl methyl sites for hydroxylation is 1. The first-order valence-electron chi connectivity index (χ1n) is 8.03. The van der Waals surface area contributed by atoms with Crippen molar-refractivity contribution in [3.8, 4) is 5.75 Å². The molecule has 2 aliphatic heterocycles. The normalized spacial score (nSPS) is 26.3. The lowest BCUT2D eigenvalue weighted by Gasteiger charge is -2.38. The van der Waals surface area contributed by atoms with Gasteiger partial charge < -0.3 is 14.2 Å². The summed E-state index contributed by atoms with van der Waals surface area (Å²) in [4.78, 5) is 18.8. The smallest absolute Gasteiger partial charge is 0.259 e. The van der Waals surface area contributed by atoms with Gasteiger partial charge in [-0.3, -0.25) is 9.78 Å². The maximum Gasteiger partial charge on any atom is 0.259 e. The summed E-state index contributed by atoms with van der Waals surface area (Å²) in [7, 11) is 0. The van der Waals surface area contributed by atoms with Crippen LogP contribution in [0.1, 0.15) is 41.8 Å². The van der Waals surface area contributed by atoms with Gasteiger partial charge in [-0.2, -0.15) is 0 Å². The van der Waals surface area contributed by atoms with Crippen molar-refractivity contribution in [2.45, 2.75) is 50.8 Å². The molecule has 2 unspecified atom stereocenters. The highest BCUT2D eigenvalue weighted by atomic mass is 16.5. The predicted octanol–water partition coefficient (Wildman–Crippen LogP) is 2.59. The standard InChI is InChI=1S/C17H19N3O3/c1-11-16(10-19-23-11)17(21)20-12-2-3-13(20)9-15(8-12)22-14-4-6-18-7-5-14/h4-7,10,12-13,15H,2-3,8-9H2,1H3. The quantitative estimate of drug-likeness (QED) is 0.871. The van der Waals surface area contributed by atoms with Crippen LogP contribution in [0.5, 0.6) is 5.75 Å². The van der Waals surface area contributed by atoms with E-state index < -0.39 is 0 Å². The summed E-state index contributed by atoms with van der Waals surface area (Å²) in [6.45, 7) is 1.78. The predicted molar refractivity (Wildman–Crippen MR) is 82.1 cm³/mol. The zero-order chi connectivity index (χ0) is 15.8. The minimum absolute atomic E-state index is 0.0404. The van der Waals surface area contributed by atoms with Gasteiger partial charge in [-0.05, 0) is 31.9 Å². The second kappa shape index (κ2) is 5.68. The molecule has 4 heterocycles. The third-order valence-corrected chi connectivity index (χ3v) is 4.86. The maximum absolute atomic E-state index is 12.8. The number of pyridine rings is 1. The molecule has 6 heteroatoms. The average molecular weight is 313 g/mol. The van der Waals surface area contributed by atoms with E-state index in [0.29, 0.717) is 11.3 Å². The van der Waals surface area contributed by atoms with Crippen molar-refractivity contribution < 1.29 is 14.1 Å². The molecule has 0 spiro atoms. The summed E-state index contributed by atoms with van der Waals surface area (Å²) in [5.74, 6) is 1.47. The van der Waals surface area contributed by atoms with Gasteiger partial charge >= 0.3 is 0 Å². The van der Waals surface area contributed by atoms with Crippen molar-refractivity contribution in [3.63, 3.8) is 0 Å². The number of nitrogens with zero attached hydrogens (tertiary/aromatic N) is 3. The van der Waals surface area contributed by atoms with Crippen LogP contribution in [-0.2, 0) is 0 Å². The SMILES string of the molecule is Cc1oncc1C(=O)N1C2CCC1CC(Oc1ccncc1)C2. The number of hydrogen-bond donors (Lipinski definition) is 0. The van der Waals surface area contributed by atoms with Crippen LogP contribution in [-0.4, -0.2) is 39.1 Å². The van der Waals surface area contributed by atoms with Crippen molar-refractivity contribution in [1.29, 1.82) is 0 Å². The molecule has 0 aliphatic carbocycles. The van der Waals surface area contributed by atoms with Crippen LogP contribution in [0.2, 0.25) is 0 Å². The third-order valence-electron chi connectivity index (χ3n) is 4.86. The number of rotatable bonds is 3. The fourth-order valence-electron chi connectivity index (χ4n) is 3.81. The highest BCUT2D eigenvalue weighted by Gasteiger charge is 2.44. The summed E-state index contributed by atoms with van der Waals surface area (Å²) < 4.78 is 11.1. The topological polar surface area (TPSA) is 68.5 Å². The molecular weight excluding hydrogens is 294 g/mol. The average Bonchev–Trinajstić information content (AvgIpc) is 3.09. The number of carbonyl (C=O) groups is 1. The number of aromatic nitrogens is 2. The lowest BCUT2D eigenvalue weighted by atomic mass is 9.98. The molecule has 0 saturated carbocycles. The van der Waals surface area contributed by atoms with Gasteiger partial charge in [0, 0.05) is 37.3 Å². The Balaban J connectivity index is 1.48. The maximum atomic E-state index is 12.8. The molecule has 23 heavy (non-hydrogen) atoms. The summed E-state index contributed by atoms with van der Waals surface area (Å²) in [5.41, 5.74) is 0.579.